The van der Waals surface area contributed by atoms with Crippen molar-refractivity contribution in [2.24, 2.45) is 5.92 Å². The molecule has 5 rings (SSSR count). The Bertz CT molecular complexity index is 1080. The first-order valence-electron chi connectivity index (χ1n) is 11.1. The zero-order valence-electron chi connectivity index (χ0n) is 17.9. The number of rotatable bonds is 5. The Morgan fingerprint density at radius 3 is 3.00 bits per heavy atom. The molecular weight excluding hydrogens is 392 g/mol. The summed E-state index contributed by atoms with van der Waals surface area (Å²) in [5.41, 5.74) is 4.13. The van der Waals surface area contributed by atoms with Crippen LogP contribution in [0, 0.1) is 12.8 Å². The lowest BCUT2D eigenvalue weighted by molar-refractivity contribution is -0.125. The van der Waals surface area contributed by atoms with E-state index >= 15 is 0 Å². The number of fused-ring (bicyclic) bond motifs is 2. The van der Waals surface area contributed by atoms with E-state index in [4.69, 9.17) is 4.52 Å². The van der Waals surface area contributed by atoms with Crippen LogP contribution >= 0.6 is 0 Å². The number of carbonyl (C=O) groups excluding carboxylic acids is 1. The second-order valence-corrected chi connectivity index (χ2v) is 8.52. The first-order valence-corrected chi connectivity index (χ1v) is 11.1. The van der Waals surface area contributed by atoms with Crippen LogP contribution in [0.5, 0.6) is 0 Å². The van der Waals surface area contributed by atoms with Gasteiger partial charge in [0, 0.05) is 39.3 Å². The van der Waals surface area contributed by atoms with Gasteiger partial charge >= 0.3 is 0 Å². The van der Waals surface area contributed by atoms with E-state index in [1.807, 2.05) is 6.92 Å². The number of amides is 1. The number of piperidine rings is 1. The summed E-state index contributed by atoms with van der Waals surface area (Å²) < 4.78 is 5.28. The molecule has 31 heavy (non-hydrogen) atoms. The molecular formula is C23H28N6O2. The molecule has 3 aromatic rings. The van der Waals surface area contributed by atoms with Crippen LogP contribution in [0.2, 0.25) is 0 Å². The molecule has 2 aromatic heterocycles. The molecule has 0 radical (unpaired) electrons. The highest BCUT2D eigenvalue weighted by Gasteiger charge is 2.28. The predicted octanol–water partition coefficient (Wildman–Crippen LogP) is 2.32. The molecule has 0 spiro atoms. The van der Waals surface area contributed by atoms with Crippen molar-refractivity contribution in [1.82, 2.24) is 25.3 Å². The van der Waals surface area contributed by atoms with Gasteiger partial charge in [0.25, 0.3) is 5.71 Å². The summed E-state index contributed by atoms with van der Waals surface area (Å²) in [5.74, 6) is 0.906. The van der Waals surface area contributed by atoms with Gasteiger partial charge in [-0.15, -0.1) is 0 Å². The number of anilines is 1. The Balaban J connectivity index is 1.16. The van der Waals surface area contributed by atoms with Crippen molar-refractivity contribution in [2.75, 3.05) is 37.6 Å². The highest BCUT2D eigenvalue weighted by molar-refractivity contribution is 5.88. The molecule has 8 nitrogen and oxygen atoms in total. The molecule has 1 unspecified atom stereocenters. The largest absolute Gasteiger partial charge is 0.355 e. The van der Waals surface area contributed by atoms with Gasteiger partial charge in [0.15, 0.2) is 0 Å². The van der Waals surface area contributed by atoms with Crippen LogP contribution in [0.1, 0.15) is 29.7 Å². The molecule has 1 amide bonds. The topological polar surface area (TPSA) is 87.4 Å². The first-order chi connectivity index (χ1) is 15.2. The summed E-state index contributed by atoms with van der Waals surface area (Å²) in [4.78, 5) is 26.1. The quantitative estimate of drug-likeness (QED) is 0.678. The van der Waals surface area contributed by atoms with Gasteiger partial charge < -0.3 is 14.7 Å². The average molecular weight is 421 g/mol. The minimum Gasteiger partial charge on any atom is -0.355 e. The van der Waals surface area contributed by atoms with Crippen LogP contribution in [-0.2, 0) is 17.8 Å². The molecule has 1 fully saturated rings. The molecule has 1 N–H and O–H groups in total. The third-order valence-corrected chi connectivity index (χ3v) is 6.45. The monoisotopic (exact) mass is 420 g/mol. The van der Waals surface area contributed by atoms with E-state index in [0.29, 0.717) is 18.8 Å². The zero-order chi connectivity index (χ0) is 21.2. The van der Waals surface area contributed by atoms with Gasteiger partial charge in [0.2, 0.25) is 5.91 Å². The normalized spacial score (nSPS) is 19.4. The Hall–Kier alpha value is -3.00. The van der Waals surface area contributed by atoms with Crippen molar-refractivity contribution in [3.63, 3.8) is 0 Å². The van der Waals surface area contributed by atoms with Crippen LogP contribution in [-0.4, -0.2) is 58.7 Å². The summed E-state index contributed by atoms with van der Waals surface area (Å²) in [6, 6.07) is 8.64. The lowest BCUT2D eigenvalue weighted by atomic mass is 9.97. The standard InChI is InChI=1S/C23H28N6O2/c1-16-20-21(25-15-26-23(20)31-27-16)29-10-4-7-19(14-29)22(30)24-9-12-28-11-8-17-5-2-3-6-18(17)13-28/h2-3,5-6,15,19H,4,7-14H2,1H3,(H,24,30). The van der Waals surface area contributed by atoms with E-state index in [1.165, 1.54) is 17.5 Å². The fourth-order valence-corrected chi connectivity index (χ4v) is 4.75. The number of hydrogen-bond acceptors (Lipinski definition) is 7. The van der Waals surface area contributed by atoms with E-state index < -0.39 is 0 Å². The van der Waals surface area contributed by atoms with Crippen LogP contribution in [0.15, 0.2) is 35.1 Å². The second kappa shape index (κ2) is 8.63. The van der Waals surface area contributed by atoms with Crippen LogP contribution < -0.4 is 10.2 Å². The first kappa shape index (κ1) is 19.9. The lowest BCUT2D eigenvalue weighted by Crippen LogP contribution is -2.45. The number of hydrogen-bond donors (Lipinski definition) is 1. The van der Waals surface area contributed by atoms with Crippen molar-refractivity contribution in [3.8, 4) is 0 Å². The maximum Gasteiger partial charge on any atom is 0.263 e. The van der Waals surface area contributed by atoms with Crippen molar-refractivity contribution in [1.29, 1.82) is 0 Å². The number of aryl methyl sites for hydroxylation is 1. The van der Waals surface area contributed by atoms with E-state index in [9.17, 15) is 4.79 Å². The summed E-state index contributed by atoms with van der Waals surface area (Å²) in [6.07, 6.45) is 4.44. The molecule has 2 aliphatic rings. The Labute approximate surface area is 181 Å². The van der Waals surface area contributed by atoms with Gasteiger partial charge in [0.05, 0.1) is 11.6 Å². The van der Waals surface area contributed by atoms with Crippen molar-refractivity contribution < 1.29 is 9.32 Å². The van der Waals surface area contributed by atoms with E-state index in [-0.39, 0.29) is 11.8 Å². The molecule has 1 saturated heterocycles. The molecule has 4 heterocycles. The van der Waals surface area contributed by atoms with E-state index in [1.54, 1.807) is 0 Å². The van der Waals surface area contributed by atoms with Gasteiger partial charge in [-0.2, -0.15) is 4.98 Å². The summed E-state index contributed by atoms with van der Waals surface area (Å²) in [7, 11) is 0. The highest BCUT2D eigenvalue weighted by atomic mass is 16.5. The van der Waals surface area contributed by atoms with Gasteiger partial charge in [-0.3, -0.25) is 9.69 Å². The lowest BCUT2D eigenvalue weighted by Gasteiger charge is -2.33. The molecule has 2 aliphatic heterocycles. The molecule has 8 heteroatoms. The third-order valence-electron chi connectivity index (χ3n) is 6.45. The van der Waals surface area contributed by atoms with Crippen molar-refractivity contribution in [2.45, 2.75) is 32.7 Å². The molecule has 162 valence electrons. The summed E-state index contributed by atoms with van der Waals surface area (Å²) in [5, 5.41) is 8.03. The van der Waals surface area contributed by atoms with Crippen LogP contribution in [0.4, 0.5) is 5.82 Å². The Kier molecular flexibility index (Phi) is 5.55. The highest BCUT2D eigenvalue weighted by Crippen LogP contribution is 2.29. The maximum absolute atomic E-state index is 12.9. The van der Waals surface area contributed by atoms with Gasteiger partial charge in [0.1, 0.15) is 17.5 Å². The molecule has 0 saturated carbocycles. The number of benzene rings is 1. The maximum atomic E-state index is 12.9. The minimum atomic E-state index is -0.0407. The number of nitrogens with zero attached hydrogens (tertiary/aromatic N) is 5. The molecule has 0 bridgehead atoms. The van der Waals surface area contributed by atoms with Crippen LogP contribution in [0.3, 0.4) is 0 Å². The van der Waals surface area contributed by atoms with Crippen molar-refractivity contribution in [3.05, 3.63) is 47.4 Å². The number of carbonyl (C=O) groups is 1. The van der Waals surface area contributed by atoms with Crippen molar-refractivity contribution >= 4 is 22.8 Å². The third kappa shape index (κ3) is 4.12. The van der Waals surface area contributed by atoms with E-state index in [0.717, 1.165) is 62.3 Å². The van der Waals surface area contributed by atoms with Gasteiger partial charge in [-0.05, 0) is 37.3 Å². The Morgan fingerprint density at radius 2 is 2.10 bits per heavy atom. The fourth-order valence-electron chi connectivity index (χ4n) is 4.75. The smallest absolute Gasteiger partial charge is 0.263 e. The van der Waals surface area contributed by atoms with Crippen LogP contribution in [0.25, 0.3) is 11.1 Å². The minimum absolute atomic E-state index is 0.0407. The number of aromatic nitrogens is 3. The fraction of sp³-hybridized carbons (Fsp3) is 0.478. The second-order valence-electron chi connectivity index (χ2n) is 8.52. The summed E-state index contributed by atoms with van der Waals surface area (Å²) >= 11 is 0. The summed E-state index contributed by atoms with van der Waals surface area (Å²) in [6.45, 7) is 6.99. The zero-order valence-corrected chi connectivity index (χ0v) is 17.9. The average Bonchev–Trinajstić information content (AvgIpc) is 3.20. The Morgan fingerprint density at radius 1 is 1.23 bits per heavy atom. The molecule has 1 atom stereocenters. The van der Waals surface area contributed by atoms with E-state index in [2.05, 4.69) is 54.5 Å². The predicted molar refractivity (Wildman–Crippen MR) is 118 cm³/mol. The van der Waals surface area contributed by atoms with Gasteiger partial charge in [-0.25, -0.2) is 4.98 Å². The number of nitrogens with one attached hydrogen (secondary N) is 1. The SMILES string of the molecule is Cc1noc2ncnc(N3CCCC(C(=O)NCCN4CCc5ccccc5C4)C3)c12. The molecule has 0 aliphatic carbocycles. The molecule has 1 aromatic carbocycles. The van der Waals surface area contributed by atoms with Gasteiger partial charge in [-0.1, -0.05) is 29.4 Å².